The molecule has 0 radical (unpaired) electrons. The number of benzene rings is 1. The molecule has 2 aliphatic heterocycles. The first-order chi connectivity index (χ1) is 12.3. The number of nitrogens with one attached hydrogen (secondary N) is 1. The van der Waals surface area contributed by atoms with E-state index in [-0.39, 0.29) is 0 Å². The summed E-state index contributed by atoms with van der Waals surface area (Å²) in [7, 11) is 1.91. The Morgan fingerprint density at radius 3 is 2.76 bits per heavy atom. The molecule has 1 N–H and O–H groups in total. The van der Waals surface area contributed by atoms with Crippen LogP contribution in [0.1, 0.15) is 24.3 Å². The van der Waals surface area contributed by atoms with Gasteiger partial charge in [0.05, 0.1) is 13.2 Å². The van der Waals surface area contributed by atoms with E-state index in [0.717, 1.165) is 63.7 Å². The van der Waals surface area contributed by atoms with E-state index in [4.69, 9.17) is 4.74 Å². The first kappa shape index (κ1) is 16.9. The predicted molar refractivity (Wildman–Crippen MR) is 101 cm³/mol. The van der Waals surface area contributed by atoms with Crippen LogP contribution in [0.25, 0.3) is 0 Å². The summed E-state index contributed by atoms with van der Waals surface area (Å²) in [5.74, 6) is 2.55. The number of hydrogen-bond acceptors (Lipinski definition) is 3. The fourth-order valence-corrected chi connectivity index (χ4v) is 4.31. The number of likely N-dealkylation sites (tertiary alicyclic amines) is 1. The molecule has 5 nitrogen and oxygen atoms in total. The highest BCUT2D eigenvalue weighted by Gasteiger charge is 2.38. The third-order valence-corrected chi connectivity index (χ3v) is 5.91. The second-order valence-corrected chi connectivity index (χ2v) is 7.48. The minimum Gasteiger partial charge on any atom is -0.379 e. The number of guanidine groups is 1. The lowest BCUT2D eigenvalue weighted by Crippen LogP contribution is -2.47. The lowest BCUT2D eigenvalue weighted by atomic mass is 10.1. The normalized spacial score (nSPS) is 30.5. The van der Waals surface area contributed by atoms with Crippen LogP contribution in [-0.4, -0.2) is 74.8 Å². The topological polar surface area (TPSA) is 40.1 Å². The summed E-state index contributed by atoms with van der Waals surface area (Å²) in [6.45, 7) is 7.14. The van der Waals surface area contributed by atoms with E-state index in [1.54, 1.807) is 0 Å². The standard InChI is InChI=1S/C20H30N4O/c1-21-20(22-14-17-13-19(17)16-5-3-2-4-6-16)24-8-7-18(15-24)23-9-11-25-12-10-23/h2-6,17-19H,7-15H2,1H3,(H,21,22). The fourth-order valence-electron chi connectivity index (χ4n) is 4.31. The van der Waals surface area contributed by atoms with Crippen LogP contribution in [0, 0.1) is 5.92 Å². The number of nitrogens with zero attached hydrogens (tertiary/aromatic N) is 3. The van der Waals surface area contributed by atoms with Gasteiger partial charge >= 0.3 is 0 Å². The molecule has 1 saturated carbocycles. The molecule has 1 aromatic carbocycles. The second-order valence-electron chi connectivity index (χ2n) is 7.48. The molecule has 1 aliphatic carbocycles. The van der Waals surface area contributed by atoms with Crippen molar-refractivity contribution in [3.8, 4) is 0 Å². The summed E-state index contributed by atoms with van der Waals surface area (Å²) in [5, 5.41) is 3.63. The molecule has 3 fully saturated rings. The molecule has 1 aromatic rings. The number of hydrogen-bond donors (Lipinski definition) is 1. The zero-order chi connectivity index (χ0) is 17.1. The molecule has 3 aliphatic rings. The molecule has 4 rings (SSSR count). The average molecular weight is 342 g/mol. The molecule has 0 aromatic heterocycles. The number of ether oxygens (including phenoxy) is 1. The van der Waals surface area contributed by atoms with Crippen molar-refractivity contribution in [2.45, 2.75) is 24.8 Å². The molecule has 0 spiro atoms. The number of morpholine rings is 1. The van der Waals surface area contributed by atoms with E-state index >= 15 is 0 Å². The maximum atomic E-state index is 5.48. The maximum Gasteiger partial charge on any atom is 0.193 e. The maximum absolute atomic E-state index is 5.48. The molecule has 0 bridgehead atoms. The molecular weight excluding hydrogens is 312 g/mol. The third-order valence-electron chi connectivity index (χ3n) is 5.91. The van der Waals surface area contributed by atoms with Gasteiger partial charge < -0.3 is 15.0 Å². The van der Waals surface area contributed by atoms with Crippen LogP contribution in [0.3, 0.4) is 0 Å². The van der Waals surface area contributed by atoms with Gasteiger partial charge in [-0.15, -0.1) is 0 Å². The first-order valence-corrected chi connectivity index (χ1v) is 9.67. The Morgan fingerprint density at radius 2 is 2.00 bits per heavy atom. The van der Waals surface area contributed by atoms with Crippen molar-refractivity contribution in [3.05, 3.63) is 35.9 Å². The summed E-state index contributed by atoms with van der Waals surface area (Å²) in [6.07, 6.45) is 2.53. The van der Waals surface area contributed by atoms with Crippen LogP contribution < -0.4 is 5.32 Å². The quantitative estimate of drug-likeness (QED) is 0.669. The molecule has 25 heavy (non-hydrogen) atoms. The largest absolute Gasteiger partial charge is 0.379 e. The fraction of sp³-hybridized carbons (Fsp3) is 0.650. The zero-order valence-corrected chi connectivity index (χ0v) is 15.2. The van der Waals surface area contributed by atoms with Crippen LogP contribution in [0.5, 0.6) is 0 Å². The Hall–Kier alpha value is -1.59. The van der Waals surface area contributed by atoms with Crippen molar-refractivity contribution < 1.29 is 4.74 Å². The summed E-state index contributed by atoms with van der Waals surface area (Å²) in [4.78, 5) is 9.55. The predicted octanol–water partition coefficient (Wildman–Crippen LogP) is 1.77. The Labute approximate surface area is 151 Å². The van der Waals surface area contributed by atoms with E-state index in [2.05, 4.69) is 50.4 Å². The highest BCUT2D eigenvalue weighted by atomic mass is 16.5. The minimum absolute atomic E-state index is 0.653. The molecule has 5 heteroatoms. The molecule has 3 unspecified atom stereocenters. The van der Waals surface area contributed by atoms with Gasteiger partial charge in [0.1, 0.15) is 0 Å². The summed E-state index contributed by atoms with van der Waals surface area (Å²) in [5.41, 5.74) is 1.48. The monoisotopic (exact) mass is 342 g/mol. The van der Waals surface area contributed by atoms with Gasteiger partial charge in [0.25, 0.3) is 0 Å². The summed E-state index contributed by atoms with van der Waals surface area (Å²) in [6, 6.07) is 11.6. The van der Waals surface area contributed by atoms with Crippen molar-refractivity contribution in [1.29, 1.82) is 0 Å². The van der Waals surface area contributed by atoms with Gasteiger partial charge in [-0.2, -0.15) is 0 Å². The molecule has 3 atom stereocenters. The highest BCUT2D eigenvalue weighted by Crippen LogP contribution is 2.46. The third kappa shape index (κ3) is 3.98. The van der Waals surface area contributed by atoms with Crippen molar-refractivity contribution in [2.24, 2.45) is 10.9 Å². The molecule has 136 valence electrons. The van der Waals surface area contributed by atoms with Crippen LogP contribution >= 0.6 is 0 Å². The minimum atomic E-state index is 0.653. The highest BCUT2D eigenvalue weighted by molar-refractivity contribution is 5.80. The van der Waals surface area contributed by atoms with Crippen LogP contribution in [0.4, 0.5) is 0 Å². The summed E-state index contributed by atoms with van der Waals surface area (Å²) >= 11 is 0. The lowest BCUT2D eigenvalue weighted by molar-refractivity contribution is 0.0195. The van der Waals surface area contributed by atoms with Crippen molar-refractivity contribution in [3.63, 3.8) is 0 Å². The molecule has 2 heterocycles. The molecule has 0 amide bonds. The SMILES string of the molecule is CN=C(NCC1CC1c1ccccc1)N1CCC(N2CCOCC2)C1. The Balaban J connectivity index is 1.25. The van der Waals surface area contributed by atoms with Gasteiger partial charge in [-0.25, -0.2) is 0 Å². The van der Waals surface area contributed by atoms with Gasteiger partial charge in [0.2, 0.25) is 0 Å². The Bertz CT molecular complexity index is 585. The molecular formula is C20H30N4O. The van der Waals surface area contributed by atoms with Gasteiger partial charge in [0, 0.05) is 45.8 Å². The Morgan fingerprint density at radius 1 is 1.20 bits per heavy atom. The van der Waals surface area contributed by atoms with Crippen molar-refractivity contribution in [2.75, 3.05) is 53.0 Å². The lowest BCUT2D eigenvalue weighted by Gasteiger charge is -2.32. The first-order valence-electron chi connectivity index (χ1n) is 9.67. The second kappa shape index (κ2) is 7.75. The van der Waals surface area contributed by atoms with Gasteiger partial charge in [-0.05, 0) is 30.2 Å². The van der Waals surface area contributed by atoms with E-state index in [9.17, 15) is 0 Å². The van der Waals surface area contributed by atoms with Gasteiger partial charge in [-0.3, -0.25) is 9.89 Å². The summed E-state index contributed by atoms with van der Waals surface area (Å²) < 4.78 is 5.48. The van der Waals surface area contributed by atoms with E-state index in [0.29, 0.717) is 6.04 Å². The van der Waals surface area contributed by atoms with Crippen LogP contribution in [-0.2, 0) is 4.74 Å². The van der Waals surface area contributed by atoms with E-state index < -0.39 is 0 Å². The van der Waals surface area contributed by atoms with E-state index in [1.807, 2.05) is 7.05 Å². The van der Waals surface area contributed by atoms with E-state index in [1.165, 1.54) is 18.4 Å². The average Bonchev–Trinajstić information content (AvgIpc) is 3.29. The van der Waals surface area contributed by atoms with Crippen LogP contribution in [0.15, 0.2) is 35.3 Å². The number of rotatable bonds is 4. The smallest absolute Gasteiger partial charge is 0.193 e. The van der Waals surface area contributed by atoms with Crippen molar-refractivity contribution >= 4 is 5.96 Å². The van der Waals surface area contributed by atoms with Gasteiger partial charge in [-0.1, -0.05) is 30.3 Å². The zero-order valence-electron chi connectivity index (χ0n) is 15.2. The number of aliphatic imine (C=N–C) groups is 1. The van der Waals surface area contributed by atoms with Crippen LogP contribution in [0.2, 0.25) is 0 Å². The van der Waals surface area contributed by atoms with Gasteiger partial charge in [0.15, 0.2) is 5.96 Å². The molecule has 2 saturated heterocycles. The van der Waals surface area contributed by atoms with Crippen molar-refractivity contribution in [1.82, 2.24) is 15.1 Å². The Kier molecular flexibility index (Phi) is 5.22.